The number of hydrogen-bond acceptors (Lipinski definition) is 3. The third-order valence-electron chi connectivity index (χ3n) is 8.25. The second-order valence-electron chi connectivity index (χ2n) is 9.46. The number of allylic oxidation sites excluding steroid dienone is 2. The van der Waals surface area contributed by atoms with Gasteiger partial charge >= 0.3 is 15.6 Å². The molecule has 4 aliphatic rings. The lowest BCUT2D eigenvalue weighted by atomic mass is 9.48. The Morgan fingerprint density at radius 3 is 2.42 bits per heavy atom. The number of hydrogen-bond donors (Lipinski definition) is 0. The van der Waals surface area contributed by atoms with E-state index in [-0.39, 0.29) is 23.0 Å². The van der Waals surface area contributed by atoms with Gasteiger partial charge in [-0.2, -0.15) is 21.6 Å². The Morgan fingerprint density at radius 1 is 1.08 bits per heavy atom. The second kappa shape index (κ2) is 5.42. The summed E-state index contributed by atoms with van der Waals surface area (Å²) in [7, 11) is -5.60. The van der Waals surface area contributed by atoms with Gasteiger partial charge in [-0.1, -0.05) is 13.8 Å². The summed E-state index contributed by atoms with van der Waals surface area (Å²) in [6.07, 6.45) is 6.77. The highest BCUT2D eigenvalue weighted by molar-refractivity contribution is 7.87. The Kier molecular flexibility index (Phi) is 3.88. The molecule has 0 amide bonds. The molecule has 0 spiro atoms. The molecule has 0 bridgehead atoms. The van der Waals surface area contributed by atoms with E-state index in [9.17, 15) is 21.6 Å². The van der Waals surface area contributed by atoms with Crippen molar-refractivity contribution in [2.75, 3.05) is 0 Å². The lowest BCUT2D eigenvalue weighted by molar-refractivity contribution is -0.0768. The molecule has 3 saturated carbocycles. The molecule has 0 unspecified atom stereocenters. The third-order valence-corrected chi connectivity index (χ3v) is 9.22. The molecule has 26 heavy (non-hydrogen) atoms. The fraction of sp³-hybridized carbons (Fsp3) is 0.895. The van der Waals surface area contributed by atoms with Crippen LogP contribution in [0.15, 0.2) is 11.3 Å². The van der Waals surface area contributed by atoms with Gasteiger partial charge < -0.3 is 4.18 Å². The zero-order chi connectivity index (χ0) is 19.1. The van der Waals surface area contributed by atoms with Crippen molar-refractivity contribution in [3.8, 4) is 0 Å². The van der Waals surface area contributed by atoms with Crippen LogP contribution in [-0.4, -0.2) is 13.9 Å². The molecule has 3 nitrogen and oxygen atoms in total. The highest BCUT2D eigenvalue weighted by Gasteiger charge is 2.66. The molecule has 0 heterocycles. The van der Waals surface area contributed by atoms with E-state index < -0.39 is 15.6 Å². The molecule has 0 aromatic heterocycles. The minimum absolute atomic E-state index is 0.0714. The number of fused-ring (bicyclic) bond motifs is 5. The minimum Gasteiger partial charge on any atom is -0.380 e. The van der Waals surface area contributed by atoms with Gasteiger partial charge in [-0.05, 0) is 86.0 Å². The fourth-order valence-electron chi connectivity index (χ4n) is 6.81. The summed E-state index contributed by atoms with van der Waals surface area (Å²) in [6.45, 7) is 6.38. The normalized spacial score (nSPS) is 45.5. The van der Waals surface area contributed by atoms with E-state index in [0.717, 1.165) is 31.6 Å². The maximum absolute atomic E-state index is 12.9. The summed E-state index contributed by atoms with van der Waals surface area (Å²) < 4.78 is 66.6. The van der Waals surface area contributed by atoms with E-state index in [4.69, 9.17) is 4.18 Å². The largest absolute Gasteiger partial charge is 0.534 e. The van der Waals surface area contributed by atoms with Gasteiger partial charge in [-0.25, -0.2) is 0 Å². The van der Waals surface area contributed by atoms with Crippen molar-refractivity contribution in [3.63, 3.8) is 0 Å². The van der Waals surface area contributed by atoms with E-state index in [1.807, 2.05) is 0 Å². The van der Waals surface area contributed by atoms with E-state index in [0.29, 0.717) is 23.3 Å². The topological polar surface area (TPSA) is 43.4 Å². The summed E-state index contributed by atoms with van der Waals surface area (Å²) in [6, 6.07) is 0. The predicted molar refractivity (Wildman–Crippen MR) is 91.3 cm³/mol. The average Bonchev–Trinajstić information content (AvgIpc) is 3.20. The van der Waals surface area contributed by atoms with Crippen LogP contribution in [0.4, 0.5) is 13.2 Å². The highest BCUT2D eigenvalue weighted by atomic mass is 32.2. The lowest BCUT2D eigenvalue weighted by Gasteiger charge is -2.57. The zero-order valence-corrected chi connectivity index (χ0v) is 16.3. The molecular formula is C19H27F3O3S. The van der Waals surface area contributed by atoms with Crippen molar-refractivity contribution in [2.45, 2.75) is 71.2 Å². The Labute approximate surface area is 153 Å². The second-order valence-corrected chi connectivity index (χ2v) is 11.0. The molecule has 0 radical (unpaired) electrons. The van der Waals surface area contributed by atoms with E-state index in [1.165, 1.54) is 12.8 Å². The number of alkyl halides is 3. The standard InChI is InChI=1S/C19H27F3O3S/c1-11-4-6-14-13(16(11)25-26(23,24)19(20,21)22)5-7-15-17(14,2)9-8-12-10-18(12,15)3/h12-15H,4-10H2,1-3H3/t12-,13+,14-,15+,17+,18+/m1/s1. The molecule has 0 N–H and O–H groups in total. The molecule has 3 fully saturated rings. The quantitative estimate of drug-likeness (QED) is 0.467. The smallest absolute Gasteiger partial charge is 0.380 e. The van der Waals surface area contributed by atoms with Gasteiger partial charge in [0.2, 0.25) is 0 Å². The first-order chi connectivity index (χ1) is 11.9. The zero-order valence-electron chi connectivity index (χ0n) is 15.5. The predicted octanol–water partition coefficient (Wildman–Crippen LogP) is 5.39. The van der Waals surface area contributed by atoms with Gasteiger partial charge in [-0.15, -0.1) is 0 Å². The average molecular weight is 392 g/mol. The van der Waals surface area contributed by atoms with Crippen LogP contribution < -0.4 is 0 Å². The first-order valence-corrected chi connectivity index (χ1v) is 11.0. The molecule has 0 aromatic rings. The Bertz CT molecular complexity index is 756. The molecule has 4 rings (SSSR count). The van der Waals surface area contributed by atoms with Crippen LogP contribution in [0.2, 0.25) is 0 Å². The van der Waals surface area contributed by atoms with Gasteiger partial charge in [0.05, 0.1) is 0 Å². The number of halogens is 3. The van der Waals surface area contributed by atoms with Crippen molar-refractivity contribution in [1.82, 2.24) is 0 Å². The molecule has 7 heteroatoms. The third kappa shape index (κ3) is 2.48. The maximum atomic E-state index is 12.9. The first-order valence-electron chi connectivity index (χ1n) is 9.60. The molecular weight excluding hydrogens is 365 g/mol. The van der Waals surface area contributed by atoms with Crippen LogP contribution >= 0.6 is 0 Å². The van der Waals surface area contributed by atoms with Gasteiger partial charge in [0.25, 0.3) is 0 Å². The monoisotopic (exact) mass is 392 g/mol. The summed E-state index contributed by atoms with van der Waals surface area (Å²) in [5, 5.41) is 0. The van der Waals surface area contributed by atoms with Crippen molar-refractivity contribution in [3.05, 3.63) is 11.3 Å². The molecule has 0 aromatic carbocycles. The van der Waals surface area contributed by atoms with Crippen LogP contribution in [0.25, 0.3) is 0 Å². The van der Waals surface area contributed by atoms with Crippen LogP contribution in [0, 0.1) is 34.5 Å². The Hall–Kier alpha value is -0.720. The molecule has 0 aliphatic heterocycles. The van der Waals surface area contributed by atoms with Gasteiger partial charge in [0.1, 0.15) is 5.76 Å². The van der Waals surface area contributed by atoms with Crippen LogP contribution in [0.1, 0.15) is 65.7 Å². The van der Waals surface area contributed by atoms with Crippen LogP contribution in [0.5, 0.6) is 0 Å². The summed E-state index contributed by atoms with van der Waals surface area (Å²) in [4.78, 5) is 0. The Balaban J connectivity index is 1.66. The molecule has 6 atom stereocenters. The van der Waals surface area contributed by atoms with Crippen molar-refractivity contribution < 1.29 is 25.8 Å². The van der Waals surface area contributed by atoms with E-state index >= 15 is 0 Å². The summed E-state index contributed by atoms with van der Waals surface area (Å²) >= 11 is 0. The summed E-state index contributed by atoms with van der Waals surface area (Å²) in [5.74, 6) is 1.48. The Morgan fingerprint density at radius 2 is 1.77 bits per heavy atom. The van der Waals surface area contributed by atoms with Crippen molar-refractivity contribution in [2.24, 2.45) is 34.5 Å². The molecule has 148 valence electrons. The van der Waals surface area contributed by atoms with Gasteiger partial charge in [0.15, 0.2) is 0 Å². The first kappa shape index (κ1) is 18.6. The summed E-state index contributed by atoms with van der Waals surface area (Å²) in [5.41, 5.74) is -4.27. The van der Waals surface area contributed by atoms with E-state index in [1.54, 1.807) is 6.92 Å². The fourth-order valence-corrected chi connectivity index (χ4v) is 7.41. The van der Waals surface area contributed by atoms with Crippen LogP contribution in [-0.2, 0) is 14.3 Å². The van der Waals surface area contributed by atoms with Crippen LogP contribution in [0.3, 0.4) is 0 Å². The minimum atomic E-state index is -5.60. The van der Waals surface area contributed by atoms with Crippen molar-refractivity contribution >= 4 is 10.1 Å². The van der Waals surface area contributed by atoms with Gasteiger partial charge in [0, 0.05) is 5.92 Å². The molecule has 4 aliphatic carbocycles. The number of rotatable bonds is 2. The van der Waals surface area contributed by atoms with Gasteiger partial charge in [-0.3, -0.25) is 0 Å². The maximum Gasteiger partial charge on any atom is 0.534 e. The SMILES string of the molecule is CC1=C(OS(=O)(=O)C(F)(F)F)[C@H]2CC[C@@H]3[C@@]4(C)C[C@H]4CC[C@@]3(C)[C@@H]2CC1. The molecule has 0 saturated heterocycles. The van der Waals surface area contributed by atoms with Crippen molar-refractivity contribution in [1.29, 1.82) is 0 Å². The highest BCUT2D eigenvalue weighted by Crippen LogP contribution is 2.74. The lowest BCUT2D eigenvalue weighted by Crippen LogP contribution is -2.50. The van der Waals surface area contributed by atoms with E-state index in [2.05, 4.69) is 13.8 Å².